The molecule has 116 valence electrons. The first-order valence-electron chi connectivity index (χ1n) is 8.77. The van der Waals surface area contributed by atoms with Crippen molar-refractivity contribution in [2.45, 2.75) is 70.9 Å². The van der Waals surface area contributed by atoms with Gasteiger partial charge >= 0.3 is 0 Å². The molecule has 1 aliphatic heterocycles. The summed E-state index contributed by atoms with van der Waals surface area (Å²) in [4.78, 5) is 2.69. The van der Waals surface area contributed by atoms with Crippen LogP contribution < -0.4 is 10.6 Å². The molecule has 1 heterocycles. The summed E-state index contributed by atoms with van der Waals surface area (Å²) in [5.74, 6) is 0.941. The molecular weight excluding hydrogens is 256 g/mol. The van der Waals surface area contributed by atoms with E-state index in [1.54, 1.807) is 0 Å². The Labute approximate surface area is 129 Å². The largest absolute Gasteiger partial charge is 0.368 e. The number of anilines is 1. The first-order chi connectivity index (χ1) is 10.1. The minimum absolute atomic E-state index is 0.243. The van der Waals surface area contributed by atoms with Gasteiger partial charge in [-0.25, -0.2) is 0 Å². The highest BCUT2D eigenvalue weighted by Gasteiger charge is 2.33. The fourth-order valence-electron chi connectivity index (χ4n) is 4.38. The van der Waals surface area contributed by atoms with E-state index in [0.29, 0.717) is 0 Å². The van der Waals surface area contributed by atoms with E-state index in [1.807, 2.05) is 0 Å². The van der Waals surface area contributed by atoms with Gasteiger partial charge in [-0.05, 0) is 75.1 Å². The lowest BCUT2D eigenvalue weighted by Gasteiger charge is -2.32. The van der Waals surface area contributed by atoms with Gasteiger partial charge in [0.2, 0.25) is 0 Å². The Morgan fingerprint density at radius 2 is 1.95 bits per heavy atom. The maximum absolute atomic E-state index is 5.95. The molecule has 1 saturated heterocycles. The minimum atomic E-state index is 0.243. The second-order valence-electron chi connectivity index (χ2n) is 7.24. The van der Waals surface area contributed by atoms with Gasteiger partial charge in [-0.15, -0.1) is 0 Å². The Bertz CT molecular complexity index is 474. The van der Waals surface area contributed by atoms with Crippen LogP contribution in [0, 0.1) is 12.8 Å². The topological polar surface area (TPSA) is 29.3 Å². The third-order valence-corrected chi connectivity index (χ3v) is 5.44. The van der Waals surface area contributed by atoms with Crippen molar-refractivity contribution in [3.8, 4) is 0 Å². The van der Waals surface area contributed by atoms with Crippen molar-refractivity contribution in [2.24, 2.45) is 11.7 Å². The van der Waals surface area contributed by atoms with Crippen molar-refractivity contribution < 1.29 is 0 Å². The predicted molar refractivity (Wildman–Crippen MR) is 90.9 cm³/mol. The number of nitrogens with zero attached hydrogens (tertiary/aromatic N) is 1. The maximum atomic E-state index is 5.95. The third kappa shape index (κ3) is 3.26. The van der Waals surface area contributed by atoms with Gasteiger partial charge in [0.25, 0.3) is 0 Å². The van der Waals surface area contributed by atoms with E-state index in [1.165, 1.54) is 61.9 Å². The van der Waals surface area contributed by atoms with E-state index in [9.17, 15) is 0 Å². The highest BCUT2D eigenvalue weighted by atomic mass is 15.2. The molecule has 0 radical (unpaired) electrons. The van der Waals surface area contributed by atoms with Gasteiger partial charge in [0.1, 0.15) is 0 Å². The van der Waals surface area contributed by atoms with E-state index in [2.05, 4.69) is 36.9 Å². The van der Waals surface area contributed by atoms with E-state index in [0.717, 1.165) is 18.4 Å². The number of aryl methyl sites for hydroxylation is 1. The van der Waals surface area contributed by atoms with Gasteiger partial charge in [-0.1, -0.05) is 18.9 Å². The highest BCUT2D eigenvalue weighted by molar-refractivity contribution is 5.52. The first kappa shape index (κ1) is 14.9. The van der Waals surface area contributed by atoms with Crippen molar-refractivity contribution >= 4 is 5.69 Å². The van der Waals surface area contributed by atoms with Gasteiger partial charge in [-0.3, -0.25) is 0 Å². The molecule has 21 heavy (non-hydrogen) atoms. The van der Waals surface area contributed by atoms with Crippen LogP contribution in [-0.2, 0) is 6.42 Å². The number of nitrogens with two attached hydrogens (primary N) is 1. The standard InChI is InChI=1S/C19H30N2/c1-14-12-18(10-9-17(14)13-15(2)20)21-11-5-8-19(21)16-6-3-4-7-16/h9-10,12,15-16,19H,3-8,11,13,20H2,1-2H3. The maximum Gasteiger partial charge on any atom is 0.0371 e. The zero-order chi connectivity index (χ0) is 14.8. The lowest BCUT2D eigenvalue weighted by Crippen LogP contribution is -2.34. The van der Waals surface area contributed by atoms with Crippen LogP contribution in [0.3, 0.4) is 0 Å². The molecule has 2 unspecified atom stereocenters. The fraction of sp³-hybridized carbons (Fsp3) is 0.684. The zero-order valence-corrected chi connectivity index (χ0v) is 13.6. The van der Waals surface area contributed by atoms with E-state index < -0.39 is 0 Å². The summed E-state index contributed by atoms with van der Waals surface area (Å²) in [5, 5.41) is 0. The summed E-state index contributed by atoms with van der Waals surface area (Å²) in [7, 11) is 0. The number of hydrogen-bond donors (Lipinski definition) is 1. The third-order valence-electron chi connectivity index (χ3n) is 5.44. The van der Waals surface area contributed by atoms with Crippen LogP contribution in [0.15, 0.2) is 18.2 Å². The zero-order valence-electron chi connectivity index (χ0n) is 13.6. The van der Waals surface area contributed by atoms with Crippen molar-refractivity contribution in [3.05, 3.63) is 29.3 Å². The molecule has 2 fully saturated rings. The van der Waals surface area contributed by atoms with Crippen LogP contribution in [0.25, 0.3) is 0 Å². The molecule has 2 aliphatic rings. The Kier molecular flexibility index (Phi) is 4.54. The van der Waals surface area contributed by atoms with Gasteiger partial charge in [-0.2, -0.15) is 0 Å². The van der Waals surface area contributed by atoms with Gasteiger partial charge in [0.15, 0.2) is 0 Å². The molecule has 2 N–H and O–H groups in total. The van der Waals surface area contributed by atoms with Crippen LogP contribution in [0.4, 0.5) is 5.69 Å². The monoisotopic (exact) mass is 286 g/mol. The van der Waals surface area contributed by atoms with Crippen molar-refractivity contribution in [1.29, 1.82) is 0 Å². The predicted octanol–water partition coefficient (Wildman–Crippen LogP) is 4.04. The fourth-order valence-corrected chi connectivity index (χ4v) is 4.38. The molecule has 2 heteroatoms. The molecule has 0 amide bonds. The second kappa shape index (κ2) is 6.39. The molecule has 2 nitrogen and oxygen atoms in total. The first-order valence-corrected chi connectivity index (χ1v) is 8.77. The van der Waals surface area contributed by atoms with Crippen molar-refractivity contribution in [3.63, 3.8) is 0 Å². The molecule has 1 saturated carbocycles. The minimum Gasteiger partial charge on any atom is -0.368 e. The van der Waals surface area contributed by atoms with Gasteiger partial charge in [0.05, 0.1) is 0 Å². The molecular formula is C19H30N2. The normalized spacial score (nSPS) is 24.7. The molecule has 0 bridgehead atoms. The lowest BCUT2D eigenvalue weighted by atomic mass is 9.95. The van der Waals surface area contributed by atoms with E-state index >= 15 is 0 Å². The van der Waals surface area contributed by atoms with Gasteiger partial charge < -0.3 is 10.6 Å². The second-order valence-corrected chi connectivity index (χ2v) is 7.24. The quantitative estimate of drug-likeness (QED) is 0.905. The SMILES string of the molecule is Cc1cc(N2CCCC2C2CCCC2)ccc1CC(C)N. The number of rotatable bonds is 4. The molecule has 0 spiro atoms. The number of benzene rings is 1. The molecule has 3 rings (SSSR count). The molecule has 1 aliphatic carbocycles. The van der Waals surface area contributed by atoms with Crippen LogP contribution in [-0.4, -0.2) is 18.6 Å². The van der Waals surface area contributed by atoms with E-state index in [4.69, 9.17) is 5.73 Å². The average Bonchev–Trinajstić information content (AvgIpc) is 3.09. The summed E-state index contributed by atoms with van der Waals surface area (Å²) in [6.07, 6.45) is 9.53. The summed E-state index contributed by atoms with van der Waals surface area (Å²) in [6, 6.07) is 8.07. The summed E-state index contributed by atoms with van der Waals surface area (Å²) < 4.78 is 0. The van der Waals surface area contributed by atoms with Crippen molar-refractivity contribution in [1.82, 2.24) is 0 Å². The summed E-state index contributed by atoms with van der Waals surface area (Å²) >= 11 is 0. The smallest absolute Gasteiger partial charge is 0.0371 e. The Morgan fingerprint density at radius 3 is 2.62 bits per heavy atom. The molecule has 1 aromatic carbocycles. The van der Waals surface area contributed by atoms with E-state index in [-0.39, 0.29) is 6.04 Å². The Morgan fingerprint density at radius 1 is 1.19 bits per heavy atom. The molecule has 0 aromatic heterocycles. The summed E-state index contributed by atoms with van der Waals surface area (Å²) in [6.45, 7) is 5.57. The summed E-state index contributed by atoms with van der Waals surface area (Å²) in [5.41, 5.74) is 10.2. The lowest BCUT2D eigenvalue weighted by molar-refractivity contribution is 0.431. The average molecular weight is 286 g/mol. The molecule has 2 atom stereocenters. The van der Waals surface area contributed by atoms with Crippen molar-refractivity contribution in [2.75, 3.05) is 11.4 Å². The van der Waals surface area contributed by atoms with Crippen LogP contribution in [0.1, 0.15) is 56.6 Å². The van der Waals surface area contributed by atoms with Crippen LogP contribution in [0.5, 0.6) is 0 Å². The Hall–Kier alpha value is -1.02. The van der Waals surface area contributed by atoms with Gasteiger partial charge in [0, 0.05) is 24.3 Å². The van der Waals surface area contributed by atoms with Crippen LogP contribution in [0.2, 0.25) is 0 Å². The van der Waals surface area contributed by atoms with Crippen LogP contribution >= 0.6 is 0 Å². The highest BCUT2D eigenvalue weighted by Crippen LogP contribution is 2.38. The Balaban J connectivity index is 1.77. The number of hydrogen-bond acceptors (Lipinski definition) is 2. The molecule has 1 aromatic rings.